The summed E-state index contributed by atoms with van der Waals surface area (Å²) in [5.74, 6) is -0.269. The normalized spacial score (nSPS) is 26.1. The molecule has 19 heteroatoms. The average molecular weight is 1480 g/mol. The fourth-order valence-corrected chi connectivity index (χ4v) is 14.5. The SMILES string of the molecule is CCCCCCC/C=C\C/C=C\C/C=C\CCCCCCCCCCCCCCCCCCCCCCCCCCC(=O)NC(COC1OC(CO)C(OC2OC(CO)C(OC3OC(CO)C(O)C(O)C3O)C(O)C2O)C(O)C1O)C(O)/C=C/CCCCCCCCCCCCCCCCCCCC. The van der Waals surface area contributed by atoms with Crippen LogP contribution in [0.15, 0.2) is 48.6 Å². The number of carbonyl (C=O) groups excluding carboxylic acids is 1. The summed E-state index contributed by atoms with van der Waals surface area (Å²) in [6.07, 6.45) is 56.9. The van der Waals surface area contributed by atoms with Crippen molar-refractivity contribution in [3.63, 3.8) is 0 Å². The standard InChI is InChI=1S/C85H157NO18/c1-3-5-7-9-11-13-15-17-19-21-23-25-26-27-28-29-30-31-32-33-34-35-36-37-38-39-40-41-42-43-45-47-49-51-53-55-57-59-61-63-73(91)86-68(69(90)62-60-58-56-54-52-50-48-46-44-24-22-20-18-16-14-12-10-8-6-4-2)67-99-83-79(97)76(94)81(71(65-88)101-83)104-85-80(98)77(95)82(72(66-89)102-85)103-84-78(96)75(93)74(92)70(64-87)100-84/h15,17,21,23,26-27,60,62,68-72,74-85,87-90,92-98H,3-14,16,18-20,22,24-25,28-59,61,63-67H2,1-2H3,(H,86,91)/b17-15-,23-21-,27-26-,62-60+. The van der Waals surface area contributed by atoms with Crippen molar-refractivity contribution in [1.29, 1.82) is 0 Å². The monoisotopic (exact) mass is 1480 g/mol. The number of ether oxygens (including phenoxy) is 6. The molecule has 19 nitrogen and oxygen atoms in total. The van der Waals surface area contributed by atoms with Crippen LogP contribution in [0.25, 0.3) is 0 Å². The van der Waals surface area contributed by atoms with E-state index in [4.69, 9.17) is 28.4 Å². The molecule has 3 fully saturated rings. The topological polar surface area (TPSA) is 307 Å². The molecule has 3 aliphatic rings. The predicted molar refractivity (Wildman–Crippen MR) is 416 cm³/mol. The van der Waals surface area contributed by atoms with E-state index in [0.717, 1.165) is 57.8 Å². The molecule has 0 aliphatic carbocycles. The minimum Gasteiger partial charge on any atom is -0.394 e. The van der Waals surface area contributed by atoms with Crippen molar-refractivity contribution in [2.75, 3.05) is 26.4 Å². The second kappa shape index (κ2) is 65.5. The maximum atomic E-state index is 13.5. The van der Waals surface area contributed by atoms with Gasteiger partial charge in [0.2, 0.25) is 5.91 Å². The lowest BCUT2D eigenvalue weighted by Gasteiger charge is -2.48. The van der Waals surface area contributed by atoms with E-state index < -0.39 is 124 Å². The van der Waals surface area contributed by atoms with Crippen LogP contribution in [-0.2, 0) is 33.2 Å². The summed E-state index contributed by atoms with van der Waals surface area (Å²) in [7, 11) is 0. The van der Waals surface area contributed by atoms with Gasteiger partial charge in [0.15, 0.2) is 18.9 Å². The van der Waals surface area contributed by atoms with Gasteiger partial charge in [-0.3, -0.25) is 4.79 Å². The maximum absolute atomic E-state index is 13.5. The first-order chi connectivity index (χ1) is 50.8. The highest BCUT2D eigenvalue weighted by Gasteiger charge is 2.54. The first kappa shape index (κ1) is 96.0. The number of hydrogen-bond acceptors (Lipinski definition) is 18. The molecule has 12 N–H and O–H groups in total. The number of allylic oxidation sites excluding steroid dienone is 7. The lowest BCUT2D eigenvalue weighted by molar-refractivity contribution is -0.379. The third-order valence-electron chi connectivity index (χ3n) is 21.4. The van der Waals surface area contributed by atoms with E-state index in [-0.39, 0.29) is 18.9 Å². The van der Waals surface area contributed by atoms with E-state index in [1.165, 1.54) is 270 Å². The summed E-state index contributed by atoms with van der Waals surface area (Å²) in [5, 5.41) is 121. The molecule has 0 aromatic rings. The number of nitrogens with one attached hydrogen (secondary N) is 1. The van der Waals surface area contributed by atoms with Crippen LogP contribution in [0.4, 0.5) is 0 Å². The van der Waals surface area contributed by atoms with Crippen molar-refractivity contribution in [3.05, 3.63) is 48.6 Å². The minimum absolute atomic E-state index is 0.247. The zero-order valence-corrected chi connectivity index (χ0v) is 65.5. The summed E-state index contributed by atoms with van der Waals surface area (Å²) in [6.45, 7) is 1.77. The number of aliphatic hydroxyl groups excluding tert-OH is 11. The molecule has 0 radical (unpaired) electrons. The lowest BCUT2D eigenvalue weighted by atomic mass is 9.96. The Kier molecular flexibility index (Phi) is 60.4. The molecule has 3 rings (SSSR count). The average Bonchev–Trinajstić information content (AvgIpc) is 0.783. The number of rotatable bonds is 69. The Hall–Kier alpha value is -2.25. The zero-order valence-electron chi connectivity index (χ0n) is 65.5. The summed E-state index contributed by atoms with van der Waals surface area (Å²) in [4.78, 5) is 13.5. The molecular formula is C85H157NO18. The van der Waals surface area contributed by atoms with Gasteiger partial charge < -0.3 is 89.9 Å². The smallest absolute Gasteiger partial charge is 0.220 e. The van der Waals surface area contributed by atoms with Crippen LogP contribution in [0.3, 0.4) is 0 Å². The van der Waals surface area contributed by atoms with Crippen molar-refractivity contribution >= 4 is 5.91 Å². The van der Waals surface area contributed by atoms with Crippen molar-refractivity contribution in [2.24, 2.45) is 0 Å². The Balaban J connectivity index is 1.30. The van der Waals surface area contributed by atoms with Crippen LogP contribution < -0.4 is 5.32 Å². The molecular weight excluding hydrogens is 1320 g/mol. The maximum Gasteiger partial charge on any atom is 0.220 e. The fourth-order valence-electron chi connectivity index (χ4n) is 14.5. The van der Waals surface area contributed by atoms with Gasteiger partial charge >= 0.3 is 0 Å². The van der Waals surface area contributed by atoms with Gasteiger partial charge in [0.05, 0.1) is 38.6 Å². The van der Waals surface area contributed by atoms with E-state index in [1.807, 2.05) is 6.08 Å². The van der Waals surface area contributed by atoms with E-state index >= 15 is 0 Å². The minimum atomic E-state index is -1.98. The second-order valence-electron chi connectivity index (χ2n) is 30.6. The van der Waals surface area contributed by atoms with E-state index in [0.29, 0.717) is 6.42 Å². The summed E-state index contributed by atoms with van der Waals surface area (Å²) in [6, 6.07) is -0.973. The Morgan fingerprint density at radius 3 is 0.990 bits per heavy atom. The molecule has 17 unspecified atom stereocenters. The molecule has 3 heterocycles. The lowest BCUT2D eigenvalue weighted by Crippen LogP contribution is -2.66. The van der Waals surface area contributed by atoms with Gasteiger partial charge in [0.1, 0.15) is 73.2 Å². The number of aliphatic hydroxyl groups is 11. The number of unbranched alkanes of at least 4 members (excludes halogenated alkanes) is 47. The molecule has 1 amide bonds. The largest absolute Gasteiger partial charge is 0.394 e. The molecule has 3 aliphatic heterocycles. The highest BCUT2D eigenvalue weighted by atomic mass is 16.8. The van der Waals surface area contributed by atoms with Crippen LogP contribution in [-0.4, -0.2) is 193 Å². The molecule has 3 saturated heterocycles. The van der Waals surface area contributed by atoms with Gasteiger partial charge in [-0.1, -0.05) is 339 Å². The van der Waals surface area contributed by atoms with E-state index in [9.17, 15) is 61.0 Å². The third kappa shape index (κ3) is 44.6. The molecule has 610 valence electrons. The summed E-state index contributed by atoms with van der Waals surface area (Å²) >= 11 is 0. The Morgan fingerprint density at radius 2 is 0.635 bits per heavy atom. The zero-order chi connectivity index (χ0) is 75.3. The molecule has 104 heavy (non-hydrogen) atoms. The van der Waals surface area contributed by atoms with Crippen molar-refractivity contribution in [3.8, 4) is 0 Å². The quantitative estimate of drug-likeness (QED) is 0.0199. The van der Waals surface area contributed by atoms with Crippen LogP contribution in [0.2, 0.25) is 0 Å². The van der Waals surface area contributed by atoms with Crippen molar-refractivity contribution < 1.29 is 89.4 Å². The molecule has 0 aromatic carbocycles. The van der Waals surface area contributed by atoms with Gasteiger partial charge in [-0.25, -0.2) is 0 Å². The van der Waals surface area contributed by atoms with E-state index in [2.05, 4.69) is 55.6 Å². The number of carbonyl (C=O) groups is 1. The van der Waals surface area contributed by atoms with Gasteiger partial charge in [-0.2, -0.15) is 0 Å². The van der Waals surface area contributed by atoms with Crippen LogP contribution in [0.1, 0.15) is 354 Å². The van der Waals surface area contributed by atoms with Gasteiger partial charge in [0, 0.05) is 6.42 Å². The number of hydrogen-bond donors (Lipinski definition) is 12. The first-order valence-corrected chi connectivity index (χ1v) is 42.9. The van der Waals surface area contributed by atoms with E-state index in [1.54, 1.807) is 6.08 Å². The summed E-state index contributed by atoms with van der Waals surface area (Å²) < 4.78 is 34.5. The third-order valence-corrected chi connectivity index (χ3v) is 21.4. The van der Waals surface area contributed by atoms with Crippen LogP contribution in [0, 0.1) is 0 Å². The summed E-state index contributed by atoms with van der Waals surface area (Å²) in [5.41, 5.74) is 0. The molecule has 17 atom stereocenters. The van der Waals surface area contributed by atoms with Gasteiger partial charge in [-0.15, -0.1) is 0 Å². The highest BCUT2D eigenvalue weighted by Crippen LogP contribution is 2.33. The molecule has 0 saturated carbocycles. The fraction of sp³-hybridized carbons (Fsp3) is 0.894. The van der Waals surface area contributed by atoms with Crippen LogP contribution >= 0.6 is 0 Å². The molecule has 0 bridgehead atoms. The first-order valence-electron chi connectivity index (χ1n) is 42.9. The number of amides is 1. The highest BCUT2D eigenvalue weighted by molar-refractivity contribution is 5.76. The van der Waals surface area contributed by atoms with Crippen molar-refractivity contribution in [1.82, 2.24) is 5.32 Å². The van der Waals surface area contributed by atoms with Crippen LogP contribution in [0.5, 0.6) is 0 Å². The predicted octanol–water partition coefficient (Wildman–Crippen LogP) is 15.2. The molecule has 0 spiro atoms. The molecule has 0 aromatic heterocycles. The Morgan fingerprint density at radius 1 is 0.346 bits per heavy atom. The Labute approximate surface area is 631 Å². The van der Waals surface area contributed by atoms with Crippen molar-refractivity contribution in [2.45, 2.75) is 458 Å². The Bertz CT molecular complexity index is 2060. The van der Waals surface area contributed by atoms with Gasteiger partial charge in [0.25, 0.3) is 0 Å². The van der Waals surface area contributed by atoms with Gasteiger partial charge in [-0.05, 0) is 57.8 Å². The second-order valence-corrected chi connectivity index (χ2v) is 30.6.